The molecule has 0 fully saturated rings. The van der Waals surface area contributed by atoms with Gasteiger partial charge in [-0.25, -0.2) is 9.97 Å². The van der Waals surface area contributed by atoms with Crippen LogP contribution in [0.5, 0.6) is 0 Å². The van der Waals surface area contributed by atoms with E-state index in [0.717, 1.165) is 35.9 Å². The van der Waals surface area contributed by atoms with Gasteiger partial charge < -0.3 is 4.90 Å². The third-order valence-electron chi connectivity index (χ3n) is 7.73. The minimum atomic E-state index is 0.0272. The molecule has 4 heteroatoms. The summed E-state index contributed by atoms with van der Waals surface area (Å²) in [6.45, 7) is 2.42. The lowest BCUT2D eigenvalue weighted by molar-refractivity contribution is 0.401. The van der Waals surface area contributed by atoms with Crippen molar-refractivity contribution in [1.29, 1.82) is 0 Å². The third-order valence-corrected chi connectivity index (χ3v) is 7.73. The largest absolute Gasteiger partial charge is 0.318 e. The monoisotopic (exact) mass is 454 g/mol. The van der Waals surface area contributed by atoms with Crippen LogP contribution in [0.25, 0.3) is 12.2 Å². The van der Waals surface area contributed by atoms with Crippen molar-refractivity contribution in [1.82, 2.24) is 9.97 Å². The van der Waals surface area contributed by atoms with Gasteiger partial charge in [0.15, 0.2) is 0 Å². The number of anilines is 5. The number of benzene rings is 2. The van der Waals surface area contributed by atoms with Gasteiger partial charge in [-0.1, -0.05) is 61.6 Å². The molecule has 0 N–H and O–H groups in total. The molecular formula is C31H26N4. The summed E-state index contributed by atoms with van der Waals surface area (Å²) in [6, 6.07) is 25.8. The van der Waals surface area contributed by atoms with Crippen LogP contribution in [0.3, 0.4) is 0 Å². The predicted octanol–water partition coefficient (Wildman–Crippen LogP) is 7.56. The van der Waals surface area contributed by atoms with Crippen molar-refractivity contribution in [3.05, 3.63) is 114 Å². The Hall–Kier alpha value is -4.18. The minimum absolute atomic E-state index is 0.0272. The summed E-state index contributed by atoms with van der Waals surface area (Å²) in [5, 5.41) is 0. The van der Waals surface area contributed by atoms with Gasteiger partial charge in [-0.15, -0.1) is 0 Å². The number of fused-ring (bicyclic) bond motifs is 5. The van der Waals surface area contributed by atoms with Gasteiger partial charge in [-0.3, -0.25) is 4.90 Å². The first-order chi connectivity index (χ1) is 17.2. The smallest absolute Gasteiger partial charge is 0.137 e. The fraction of sp³-hybridized carbons (Fsp3) is 0.161. The first-order valence-corrected chi connectivity index (χ1v) is 12.3. The van der Waals surface area contributed by atoms with Crippen LogP contribution < -0.4 is 9.80 Å². The zero-order valence-corrected chi connectivity index (χ0v) is 19.7. The molecule has 4 nitrogen and oxygen atoms in total. The van der Waals surface area contributed by atoms with Crippen molar-refractivity contribution in [3.8, 4) is 0 Å². The molecule has 3 aliphatic rings. The Kier molecular flexibility index (Phi) is 4.43. The van der Waals surface area contributed by atoms with E-state index in [2.05, 4.69) is 102 Å². The van der Waals surface area contributed by atoms with Crippen molar-refractivity contribution >= 4 is 40.8 Å². The molecule has 0 bridgehead atoms. The molecule has 2 atom stereocenters. The maximum atomic E-state index is 4.78. The van der Waals surface area contributed by atoms with Gasteiger partial charge in [0.1, 0.15) is 11.6 Å². The number of para-hydroxylation sites is 1. The summed E-state index contributed by atoms with van der Waals surface area (Å²) in [5.41, 5.74) is 7.31. The van der Waals surface area contributed by atoms with Crippen LogP contribution in [0.2, 0.25) is 0 Å². The Labute approximate surface area is 205 Å². The van der Waals surface area contributed by atoms with Crippen LogP contribution >= 0.6 is 0 Å². The first kappa shape index (κ1) is 20.2. The molecule has 0 saturated carbocycles. The summed E-state index contributed by atoms with van der Waals surface area (Å²) >= 11 is 0. The number of aromatic nitrogens is 2. The number of pyridine rings is 2. The molecule has 170 valence electrons. The van der Waals surface area contributed by atoms with Gasteiger partial charge in [0, 0.05) is 23.5 Å². The van der Waals surface area contributed by atoms with Crippen LogP contribution in [0.4, 0.5) is 28.7 Å². The molecule has 2 aliphatic heterocycles. The molecule has 1 aliphatic carbocycles. The van der Waals surface area contributed by atoms with E-state index in [1.54, 1.807) is 0 Å². The quantitative estimate of drug-likeness (QED) is 0.258. The van der Waals surface area contributed by atoms with Gasteiger partial charge in [0.2, 0.25) is 0 Å². The van der Waals surface area contributed by atoms with E-state index in [4.69, 9.17) is 9.97 Å². The summed E-state index contributed by atoms with van der Waals surface area (Å²) in [4.78, 5) is 14.3. The Bertz CT molecular complexity index is 1470. The van der Waals surface area contributed by atoms with E-state index in [-0.39, 0.29) is 11.5 Å². The fourth-order valence-corrected chi connectivity index (χ4v) is 6.00. The highest BCUT2D eigenvalue weighted by molar-refractivity contribution is 5.95. The molecule has 2 aromatic carbocycles. The van der Waals surface area contributed by atoms with Crippen LogP contribution in [0.1, 0.15) is 36.5 Å². The second-order valence-corrected chi connectivity index (χ2v) is 9.73. The molecule has 35 heavy (non-hydrogen) atoms. The molecule has 2 unspecified atom stereocenters. The van der Waals surface area contributed by atoms with Crippen molar-refractivity contribution in [2.24, 2.45) is 0 Å². The lowest BCUT2D eigenvalue weighted by atomic mass is 9.72. The van der Waals surface area contributed by atoms with Crippen molar-refractivity contribution in [2.75, 3.05) is 9.80 Å². The molecule has 0 radical (unpaired) electrons. The molecule has 4 heterocycles. The highest BCUT2D eigenvalue weighted by Crippen LogP contribution is 2.55. The second-order valence-electron chi connectivity index (χ2n) is 9.73. The van der Waals surface area contributed by atoms with E-state index >= 15 is 0 Å². The van der Waals surface area contributed by atoms with Gasteiger partial charge in [0.05, 0.1) is 17.4 Å². The van der Waals surface area contributed by atoms with Crippen molar-refractivity contribution in [3.63, 3.8) is 0 Å². The van der Waals surface area contributed by atoms with Crippen LogP contribution in [0, 0.1) is 0 Å². The highest BCUT2D eigenvalue weighted by Gasteiger charge is 2.48. The van der Waals surface area contributed by atoms with E-state index < -0.39 is 0 Å². The minimum Gasteiger partial charge on any atom is -0.318 e. The number of hydrogen-bond acceptors (Lipinski definition) is 4. The lowest BCUT2D eigenvalue weighted by Crippen LogP contribution is -2.41. The maximum absolute atomic E-state index is 4.78. The van der Waals surface area contributed by atoms with E-state index in [1.165, 1.54) is 22.4 Å². The number of allylic oxidation sites excluding steroid dienone is 1. The standard InChI is InChI=1S/C31H26N4/c1-31-17-7-4-12-28(31)35(30-14-6-9-19-33-30)27-21-26-23(20-24(27)31)16-15-22-10-2-3-11-25(22)34(26)29-13-5-8-18-32-29/h2-6,8-16,18-21,28H,7,17H2,1H3. The number of hydrogen-bond donors (Lipinski definition) is 0. The Morgan fingerprint density at radius 3 is 2.31 bits per heavy atom. The summed E-state index contributed by atoms with van der Waals surface area (Å²) in [7, 11) is 0. The first-order valence-electron chi connectivity index (χ1n) is 12.3. The zero-order valence-electron chi connectivity index (χ0n) is 19.7. The average molecular weight is 455 g/mol. The van der Waals surface area contributed by atoms with E-state index in [9.17, 15) is 0 Å². The molecule has 0 spiro atoms. The molecule has 7 rings (SSSR count). The predicted molar refractivity (Wildman–Crippen MR) is 144 cm³/mol. The topological polar surface area (TPSA) is 32.3 Å². The molecule has 2 aromatic heterocycles. The van der Waals surface area contributed by atoms with Gasteiger partial charge in [-0.2, -0.15) is 0 Å². The zero-order chi connectivity index (χ0) is 23.4. The normalized spacial score (nSPS) is 21.7. The molecule has 4 aromatic rings. The van der Waals surface area contributed by atoms with Gasteiger partial charge in [-0.05, 0) is 72.0 Å². The maximum Gasteiger partial charge on any atom is 0.137 e. The average Bonchev–Trinajstić information content (AvgIpc) is 3.05. The van der Waals surface area contributed by atoms with Gasteiger partial charge in [0.25, 0.3) is 0 Å². The Morgan fingerprint density at radius 1 is 0.771 bits per heavy atom. The molecule has 0 amide bonds. The van der Waals surface area contributed by atoms with E-state index in [0.29, 0.717) is 0 Å². The van der Waals surface area contributed by atoms with Crippen molar-refractivity contribution in [2.45, 2.75) is 31.2 Å². The van der Waals surface area contributed by atoms with Crippen LogP contribution in [0.15, 0.2) is 97.3 Å². The second kappa shape index (κ2) is 7.67. The molecular weight excluding hydrogens is 428 g/mol. The number of rotatable bonds is 2. The van der Waals surface area contributed by atoms with E-state index in [1.807, 2.05) is 24.5 Å². The SMILES string of the molecule is CC12CCC=CC1N(c1ccccn1)c1cc3c(cc12)C=Cc1ccccc1N3c1ccccn1. The fourth-order valence-electron chi connectivity index (χ4n) is 6.00. The summed E-state index contributed by atoms with van der Waals surface area (Å²) in [5.74, 6) is 1.90. The number of nitrogens with zero attached hydrogens (tertiary/aromatic N) is 4. The summed E-state index contributed by atoms with van der Waals surface area (Å²) in [6.07, 6.45) is 15.2. The van der Waals surface area contributed by atoms with Gasteiger partial charge >= 0.3 is 0 Å². The molecule has 0 saturated heterocycles. The van der Waals surface area contributed by atoms with Crippen molar-refractivity contribution < 1.29 is 0 Å². The lowest BCUT2D eigenvalue weighted by Gasteiger charge is -2.36. The Balaban J connectivity index is 1.51. The summed E-state index contributed by atoms with van der Waals surface area (Å²) < 4.78 is 0. The van der Waals surface area contributed by atoms with Crippen LogP contribution in [-0.4, -0.2) is 16.0 Å². The Morgan fingerprint density at radius 2 is 1.51 bits per heavy atom. The third kappa shape index (κ3) is 2.99. The highest BCUT2D eigenvalue weighted by atomic mass is 15.3. The van der Waals surface area contributed by atoms with Crippen LogP contribution in [-0.2, 0) is 5.41 Å².